The summed E-state index contributed by atoms with van der Waals surface area (Å²) in [5.41, 5.74) is 3.07. The monoisotopic (exact) mass is 550 g/mol. The molecule has 0 saturated heterocycles. The Morgan fingerprint density at radius 2 is 2.00 bits per heavy atom. The van der Waals surface area contributed by atoms with E-state index in [-0.39, 0.29) is 35.3 Å². The van der Waals surface area contributed by atoms with Crippen molar-refractivity contribution < 1.29 is 17.9 Å². The molecular weight excluding hydrogens is 524 g/mol. The van der Waals surface area contributed by atoms with Crippen molar-refractivity contribution in [3.05, 3.63) is 50.1 Å². The molecule has 5 heterocycles. The number of hydrogen-bond acceptors (Lipinski definition) is 8. The number of nitrogens with one attached hydrogen (secondary N) is 1. The van der Waals surface area contributed by atoms with E-state index in [2.05, 4.69) is 19.3 Å². The van der Waals surface area contributed by atoms with Crippen molar-refractivity contribution in [1.29, 1.82) is 0 Å². The Bertz CT molecular complexity index is 1430. The lowest BCUT2D eigenvalue weighted by Crippen LogP contribution is -2.43. The van der Waals surface area contributed by atoms with Gasteiger partial charge in [0.05, 0.1) is 33.2 Å². The fraction of sp³-hybridized carbons (Fsp3) is 0.478. The van der Waals surface area contributed by atoms with Gasteiger partial charge in [0.2, 0.25) is 10.0 Å². The molecule has 2 aliphatic rings. The zero-order valence-electron chi connectivity index (χ0n) is 20.2. The summed E-state index contributed by atoms with van der Waals surface area (Å²) in [6.07, 6.45) is 4.88. The minimum absolute atomic E-state index is 0.0345. The Balaban J connectivity index is 1.41. The van der Waals surface area contributed by atoms with Gasteiger partial charge >= 0.3 is 0 Å². The van der Waals surface area contributed by atoms with Crippen LogP contribution in [-0.4, -0.2) is 58.2 Å². The molecule has 0 aliphatic carbocycles. The molecule has 1 N–H and O–H groups in total. The van der Waals surface area contributed by atoms with E-state index in [0.717, 1.165) is 64.9 Å². The first kappa shape index (κ1) is 25.0. The van der Waals surface area contributed by atoms with Crippen LogP contribution >= 0.6 is 22.9 Å². The third-order valence-electron chi connectivity index (χ3n) is 6.32. The number of carbonyl (C=O) groups is 1. The smallest absolute Gasteiger partial charge is 0.261 e. The summed E-state index contributed by atoms with van der Waals surface area (Å²) in [6.45, 7) is 5.15. The number of halogens is 1. The van der Waals surface area contributed by atoms with E-state index in [4.69, 9.17) is 21.3 Å². The van der Waals surface area contributed by atoms with Crippen LogP contribution in [0.15, 0.2) is 12.1 Å². The summed E-state index contributed by atoms with van der Waals surface area (Å²) in [5.74, 6) is 1.19. The van der Waals surface area contributed by atoms with Crippen molar-refractivity contribution in [2.24, 2.45) is 0 Å². The number of sulfonamides is 1. The number of anilines is 1. The molecule has 0 bridgehead atoms. The molecule has 0 saturated carbocycles. The number of aromatic nitrogens is 4. The van der Waals surface area contributed by atoms with E-state index in [1.54, 1.807) is 11.3 Å². The van der Waals surface area contributed by atoms with E-state index in [9.17, 15) is 13.2 Å². The summed E-state index contributed by atoms with van der Waals surface area (Å²) in [7, 11) is -3.49. The zero-order valence-corrected chi connectivity index (χ0v) is 22.6. The number of thiazole rings is 1. The van der Waals surface area contributed by atoms with Crippen molar-refractivity contribution in [1.82, 2.24) is 24.4 Å². The van der Waals surface area contributed by atoms with Crippen LogP contribution in [0, 0.1) is 13.8 Å². The van der Waals surface area contributed by atoms with Gasteiger partial charge in [-0.3, -0.25) is 9.52 Å². The second-order valence-electron chi connectivity index (χ2n) is 9.04. The lowest BCUT2D eigenvalue weighted by molar-refractivity contribution is -0.135. The van der Waals surface area contributed by atoms with Crippen molar-refractivity contribution in [3.63, 3.8) is 0 Å². The highest BCUT2D eigenvalue weighted by Gasteiger charge is 2.39. The van der Waals surface area contributed by atoms with Crippen molar-refractivity contribution in [2.45, 2.75) is 52.1 Å². The predicted octanol–water partition coefficient (Wildman–Crippen LogP) is 3.27. The van der Waals surface area contributed by atoms with Crippen LogP contribution < -0.4 is 9.46 Å². The second-order valence-corrected chi connectivity index (χ2v) is 12.4. The van der Waals surface area contributed by atoms with E-state index >= 15 is 0 Å². The van der Waals surface area contributed by atoms with Crippen molar-refractivity contribution in [3.8, 4) is 5.75 Å². The normalized spacial score (nSPS) is 17.4. The summed E-state index contributed by atoms with van der Waals surface area (Å²) in [5, 5.41) is 0.921. The van der Waals surface area contributed by atoms with Gasteiger partial charge in [-0.1, -0.05) is 11.6 Å². The maximum atomic E-state index is 13.5. The molecule has 1 unspecified atom stereocenters. The van der Waals surface area contributed by atoms with Gasteiger partial charge in [-0.15, -0.1) is 11.3 Å². The van der Waals surface area contributed by atoms with Crippen LogP contribution in [0.5, 0.6) is 5.75 Å². The summed E-state index contributed by atoms with van der Waals surface area (Å²) in [6, 6.07) is 2.65. The minimum Gasteiger partial charge on any atom is -0.481 e. The maximum Gasteiger partial charge on any atom is 0.261 e. The van der Waals surface area contributed by atoms with Crippen LogP contribution in [-0.2, 0) is 34.2 Å². The molecule has 3 aromatic rings. The standard InChI is InChI=1S/C23H27ClN6O4S2/c1-13-22(35-14(2)25-13)21-20-15(26-18-6-4-5-10-29(18)20)9-11-30(21)19(31)12-34-16-7-8-17(27-23(16)24)28-36(3,32)33/h7-8,21H,4-6,9-12H2,1-3H3,(H,27,28). The van der Waals surface area contributed by atoms with Crippen LogP contribution in [0.1, 0.15) is 51.7 Å². The Kier molecular flexibility index (Phi) is 6.69. The topological polar surface area (TPSA) is 119 Å². The Morgan fingerprint density at radius 1 is 1.19 bits per heavy atom. The molecule has 10 nitrogen and oxygen atoms in total. The molecule has 0 fully saturated rings. The lowest BCUT2D eigenvalue weighted by Gasteiger charge is -2.36. The molecule has 13 heteroatoms. The average molecular weight is 551 g/mol. The third kappa shape index (κ3) is 4.94. The van der Waals surface area contributed by atoms with E-state index in [1.807, 2.05) is 18.7 Å². The molecule has 3 aromatic heterocycles. The van der Waals surface area contributed by atoms with Gasteiger partial charge in [0.15, 0.2) is 17.5 Å². The van der Waals surface area contributed by atoms with Crippen molar-refractivity contribution in [2.75, 3.05) is 24.1 Å². The number of pyridine rings is 1. The first-order valence-electron chi connectivity index (χ1n) is 11.7. The van der Waals surface area contributed by atoms with Gasteiger partial charge in [0.25, 0.3) is 5.91 Å². The summed E-state index contributed by atoms with van der Waals surface area (Å²) >= 11 is 7.80. The first-order valence-corrected chi connectivity index (χ1v) is 14.8. The summed E-state index contributed by atoms with van der Waals surface area (Å²) < 4.78 is 33.2. The van der Waals surface area contributed by atoms with Crippen LogP contribution in [0.4, 0.5) is 5.82 Å². The van der Waals surface area contributed by atoms with Gasteiger partial charge in [-0.2, -0.15) is 0 Å². The molecule has 1 atom stereocenters. The largest absolute Gasteiger partial charge is 0.481 e. The number of fused-ring (bicyclic) bond motifs is 3. The van der Waals surface area contributed by atoms with Gasteiger partial charge in [0.1, 0.15) is 17.7 Å². The van der Waals surface area contributed by atoms with Gasteiger partial charge < -0.3 is 14.2 Å². The molecule has 1 amide bonds. The highest BCUT2D eigenvalue weighted by molar-refractivity contribution is 7.92. The Labute approximate surface area is 218 Å². The SMILES string of the molecule is Cc1nc(C)c(C2c3c(nc4n3CCCC4)CCN2C(=O)COc2ccc(NS(C)(=O)=O)nc2Cl)s1. The molecule has 36 heavy (non-hydrogen) atoms. The van der Waals surface area contributed by atoms with E-state index < -0.39 is 10.0 Å². The Morgan fingerprint density at radius 3 is 2.69 bits per heavy atom. The molecule has 5 rings (SSSR count). The quantitative estimate of drug-likeness (QED) is 0.468. The fourth-order valence-corrected chi connectivity index (χ4v) is 6.63. The molecular formula is C23H27ClN6O4S2. The minimum atomic E-state index is -3.49. The number of carbonyl (C=O) groups excluding carboxylic acids is 1. The van der Waals surface area contributed by atoms with Crippen LogP contribution in [0.2, 0.25) is 5.15 Å². The van der Waals surface area contributed by atoms with E-state index in [1.165, 1.54) is 12.1 Å². The number of ether oxygens (including phenoxy) is 1. The maximum absolute atomic E-state index is 13.5. The number of rotatable bonds is 6. The molecule has 0 aromatic carbocycles. The molecule has 192 valence electrons. The lowest BCUT2D eigenvalue weighted by atomic mass is 9.99. The molecule has 0 radical (unpaired) electrons. The number of nitrogens with zero attached hydrogens (tertiary/aromatic N) is 5. The Hall–Kier alpha value is -2.70. The third-order valence-corrected chi connectivity index (χ3v) is 8.29. The number of aryl methyl sites for hydroxylation is 3. The van der Waals surface area contributed by atoms with Crippen molar-refractivity contribution >= 4 is 44.7 Å². The van der Waals surface area contributed by atoms with Gasteiger partial charge in [-0.25, -0.2) is 23.4 Å². The fourth-order valence-electron chi connectivity index (χ4n) is 4.89. The van der Waals surface area contributed by atoms with Gasteiger partial charge in [-0.05, 0) is 38.8 Å². The summed E-state index contributed by atoms with van der Waals surface area (Å²) in [4.78, 5) is 30.0. The highest BCUT2D eigenvalue weighted by Crippen LogP contribution is 2.41. The van der Waals surface area contributed by atoms with Crippen LogP contribution in [0.3, 0.4) is 0 Å². The average Bonchev–Trinajstić information content (AvgIpc) is 3.35. The highest BCUT2D eigenvalue weighted by atomic mass is 35.5. The van der Waals surface area contributed by atoms with Crippen LogP contribution in [0.25, 0.3) is 0 Å². The van der Waals surface area contributed by atoms with E-state index in [0.29, 0.717) is 13.0 Å². The molecule has 0 spiro atoms. The number of hydrogen-bond donors (Lipinski definition) is 1. The molecule has 2 aliphatic heterocycles. The first-order chi connectivity index (χ1) is 17.1. The predicted molar refractivity (Wildman–Crippen MR) is 137 cm³/mol. The second kappa shape index (κ2) is 9.64. The number of amides is 1. The number of imidazole rings is 1. The zero-order chi connectivity index (χ0) is 25.6. The van der Waals surface area contributed by atoms with Gasteiger partial charge in [0, 0.05) is 25.9 Å².